The third-order valence-electron chi connectivity index (χ3n) is 7.71. The number of amides is 1. The van der Waals surface area contributed by atoms with Crippen LogP contribution < -0.4 is 5.56 Å². The molecular formula is C27H31N7O3. The van der Waals surface area contributed by atoms with Crippen LogP contribution in [0, 0.1) is 6.92 Å². The number of H-pyrrole nitrogens is 1. The predicted octanol–water partition coefficient (Wildman–Crippen LogP) is 3.47. The number of aromatic nitrogens is 5. The fourth-order valence-corrected chi connectivity index (χ4v) is 5.74. The Hall–Kier alpha value is -3.79. The molecule has 0 spiro atoms. The molecule has 0 bridgehead atoms. The molecule has 192 valence electrons. The summed E-state index contributed by atoms with van der Waals surface area (Å²) >= 11 is 0. The first-order valence-electron chi connectivity index (χ1n) is 13.1. The van der Waals surface area contributed by atoms with E-state index in [4.69, 9.17) is 4.42 Å². The zero-order valence-electron chi connectivity index (χ0n) is 21.0. The van der Waals surface area contributed by atoms with Crippen molar-refractivity contribution < 1.29 is 9.21 Å². The lowest BCUT2D eigenvalue weighted by Gasteiger charge is -2.38. The number of rotatable bonds is 5. The molecule has 0 radical (unpaired) electrons. The Bertz CT molecular complexity index is 1440. The van der Waals surface area contributed by atoms with E-state index >= 15 is 0 Å². The van der Waals surface area contributed by atoms with Gasteiger partial charge in [-0.3, -0.25) is 14.5 Å². The predicted molar refractivity (Wildman–Crippen MR) is 137 cm³/mol. The van der Waals surface area contributed by atoms with Crippen LogP contribution in [0.1, 0.15) is 71.7 Å². The molecule has 1 saturated carbocycles. The molecule has 10 nitrogen and oxygen atoms in total. The van der Waals surface area contributed by atoms with E-state index in [0.717, 1.165) is 42.1 Å². The molecule has 2 aliphatic rings. The van der Waals surface area contributed by atoms with E-state index in [1.54, 1.807) is 17.0 Å². The van der Waals surface area contributed by atoms with Gasteiger partial charge in [-0.1, -0.05) is 31.4 Å². The number of aryl methyl sites for hydroxylation is 1. The van der Waals surface area contributed by atoms with Gasteiger partial charge in [0.2, 0.25) is 0 Å². The minimum atomic E-state index is -0.424. The smallest absolute Gasteiger partial charge is 0.289 e. The van der Waals surface area contributed by atoms with Crippen molar-refractivity contribution in [3.63, 3.8) is 0 Å². The first-order valence-corrected chi connectivity index (χ1v) is 13.1. The van der Waals surface area contributed by atoms with Crippen molar-refractivity contribution in [3.8, 4) is 0 Å². The second kappa shape index (κ2) is 9.93. The van der Waals surface area contributed by atoms with Crippen LogP contribution >= 0.6 is 0 Å². The number of carbonyl (C=O) groups is 1. The zero-order valence-corrected chi connectivity index (χ0v) is 21.0. The molecule has 2 fully saturated rings. The van der Waals surface area contributed by atoms with Gasteiger partial charge < -0.3 is 14.3 Å². The van der Waals surface area contributed by atoms with Crippen LogP contribution in [-0.2, 0) is 0 Å². The number of nitrogens with zero attached hydrogens (tertiary/aromatic N) is 6. The van der Waals surface area contributed by atoms with Crippen molar-refractivity contribution in [3.05, 3.63) is 75.7 Å². The number of piperazine rings is 1. The normalized spacial score (nSPS) is 18.4. The Labute approximate surface area is 214 Å². The fraction of sp³-hybridized carbons (Fsp3) is 0.444. The van der Waals surface area contributed by atoms with E-state index in [9.17, 15) is 9.59 Å². The third-order valence-corrected chi connectivity index (χ3v) is 7.71. The Kier molecular flexibility index (Phi) is 6.33. The van der Waals surface area contributed by atoms with Gasteiger partial charge in [0.05, 0.1) is 12.3 Å². The minimum Gasteiger partial charge on any atom is -0.459 e. The van der Waals surface area contributed by atoms with Crippen LogP contribution in [-0.4, -0.2) is 67.1 Å². The SMILES string of the molecule is Cc1ccc2cc(C(c3nnnn3C3CCCCC3)N3CCN(C(=O)c4ccco4)CC3)c(=O)[nH]c2c1. The molecule has 1 atom stereocenters. The summed E-state index contributed by atoms with van der Waals surface area (Å²) in [5.74, 6) is 0.911. The Morgan fingerprint density at radius 1 is 1.08 bits per heavy atom. The third kappa shape index (κ3) is 4.57. The van der Waals surface area contributed by atoms with Gasteiger partial charge in [0.25, 0.3) is 11.5 Å². The lowest BCUT2D eigenvalue weighted by molar-refractivity contribution is 0.0556. The van der Waals surface area contributed by atoms with Crippen LogP contribution in [0.4, 0.5) is 0 Å². The van der Waals surface area contributed by atoms with Crippen LogP contribution in [0.5, 0.6) is 0 Å². The summed E-state index contributed by atoms with van der Waals surface area (Å²) in [6.45, 7) is 4.22. The van der Waals surface area contributed by atoms with E-state index < -0.39 is 6.04 Å². The minimum absolute atomic E-state index is 0.118. The van der Waals surface area contributed by atoms with Crippen molar-refractivity contribution in [2.45, 2.75) is 51.1 Å². The van der Waals surface area contributed by atoms with E-state index in [0.29, 0.717) is 43.3 Å². The van der Waals surface area contributed by atoms with Crippen molar-refractivity contribution in [1.82, 2.24) is 35.0 Å². The number of nitrogens with one attached hydrogen (secondary N) is 1. The van der Waals surface area contributed by atoms with E-state index in [2.05, 4.69) is 25.4 Å². The van der Waals surface area contributed by atoms with E-state index in [1.165, 1.54) is 12.7 Å². The van der Waals surface area contributed by atoms with Crippen molar-refractivity contribution >= 4 is 16.8 Å². The van der Waals surface area contributed by atoms with Crippen LogP contribution in [0.3, 0.4) is 0 Å². The molecule has 1 amide bonds. The molecule has 1 unspecified atom stereocenters. The molecule has 10 heteroatoms. The average molecular weight is 502 g/mol. The number of benzene rings is 1. The molecule has 4 aromatic rings. The van der Waals surface area contributed by atoms with Crippen molar-refractivity contribution in [2.24, 2.45) is 0 Å². The largest absolute Gasteiger partial charge is 0.459 e. The maximum atomic E-state index is 13.5. The maximum absolute atomic E-state index is 13.5. The molecule has 1 N–H and O–H groups in total. The summed E-state index contributed by atoms with van der Waals surface area (Å²) in [7, 11) is 0. The fourth-order valence-electron chi connectivity index (χ4n) is 5.74. The summed E-state index contributed by atoms with van der Waals surface area (Å²) in [4.78, 5) is 33.5. The molecule has 4 heterocycles. The molecule has 3 aromatic heterocycles. The standard InChI is InChI=1S/C27H31N7O3/c1-18-9-10-19-17-21(26(35)28-22(19)16-18)24(25-29-30-31-34(25)20-6-3-2-4-7-20)32-11-13-33(14-12-32)27(36)23-8-5-15-37-23/h5,8-10,15-17,20,24H,2-4,6-7,11-14H2,1H3,(H,28,35). The monoisotopic (exact) mass is 501 g/mol. The van der Waals surface area contributed by atoms with Crippen molar-refractivity contribution in [1.29, 1.82) is 0 Å². The van der Waals surface area contributed by atoms with Crippen LogP contribution in [0.25, 0.3) is 10.9 Å². The van der Waals surface area contributed by atoms with Gasteiger partial charge in [-0.25, -0.2) is 4.68 Å². The Balaban J connectivity index is 1.37. The van der Waals surface area contributed by atoms with E-state index in [1.807, 2.05) is 35.9 Å². The lowest BCUT2D eigenvalue weighted by atomic mass is 9.95. The molecule has 1 aromatic carbocycles. The van der Waals surface area contributed by atoms with Gasteiger partial charge in [-0.15, -0.1) is 5.10 Å². The quantitative estimate of drug-likeness (QED) is 0.445. The molecule has 1 aliphatic heterocycles. The number of tetrazole rings is 1. The highest BCUT2D eigenvalue weighted by molar-refractivity contribution is 5.91. The second-order valence-corrected chi connectivity index (χ2v) is 10.1. The summed E-state index contributed by atoms with van der Waals surface area (Å²) in [5, 5.41) is 13.9. The molecule has 1 aliphatic carbocycles. The van der Waals surface area contributed by atoms with E-state index in [-0.39, 0.29) is 17.5 Å². The topological polar surface area (TPSA) is 113 Å². The highest BCUT2D eigenvalue weighted by atomic mass is 16.3. The summed E-state index contributed by atoms with van der Waals surface area (Å²) in [6, 6.07) is 11.2. The molecule has 37 heavy (non-hydrogen) atoms. The Morgan fingerprint density at radius 2 is 1.89 bits per heavy atom. The molecule has 6 rings (SSSR count). The van der Waals surface area contributed by atoms with Gasteiger partial charge in [0.15, 0.2) is 11.6 Å². The lowest BCUT2D eigenvalue weighted by Crippen LogP contribution is -2.51. The number of carbonyl (C=O) groups excluding carboxylic acids is 1. The van der Waals surface area contributed by atoms with Gasteiger partial charge in [-0.05, 0) is 65.4 Å². The number of hydrogen-bond acceptors (Lipinski definition) is 7. The number of aromatic amines is 1. The molecule has 1 saturated heterocycles. The van der Waals surface area contributed by atoms with Crippen LogP contribution in [0.15, 0.2) is 51.9 Å². The summed E-state index contributed by atoms with van der Waals surface area (Å²) in [6.07, 6.45) is 7.11. The zero-order chi connectivity index (χ0) is 25.4. The highest BCUT2D eigenvalue weighted by Crippen LogP contribution is 2.33. The number of fused-ring (bicyclic) bond motifs is 1. The number of pyridine rings is 1. The summed E-state index contributed by atoms with van der Waals surface area (Å²) in [5.41, 5.74) is 2.38. The van der Waals surface area contributed by atoms with Crippen molar-refractivity contribution in [2.75, 3.05) is 26.2 Å². The number of furan rings is 1. The van der Waals surface area contributed by atoms with Gasteiger partial charge >= 0.3 is 0 Å². The van der Waals surface area contributed by atoms with Gasteiger partial charge in [-0.2, -0.15) is 0 Å². The Morgan fingerprint density at radius 3 is 2.65 bits per heavy atom. The first kappa shape index (κ1) is 23.6. The second-order valence-electron chi connectivity index (χ2n) is 10.1. The number of hydrogen-bond donors (Lipinski definition) is 1. The maximum Gasteiger partial charge on any atom is 0.289 e. The average Bonchev–Trinajstić information content (AvgIpc) is 3.63. The van der Waals surface area contributed by atoms with Gasteiger partial charge in [0.1, 0.15) is 6.04 Å². The molecular weight excluding hydrogens is 470 g/mol. The van der Waals surface area contributed by atoms with Crippen LogP contribution in [0.2, 0.25) is 0 Å². The summed E-state index contributed by atoms with van der Waals surface area (Å²) < 4.78 is 7.27. The van der Waals surface area contributed by atoms with Gasteiger partial charge in [0, 0.05) is 37.3 Å². The highest BCUT2D eigenvalue weighted by Gasteiger charge is 2.35. The first-order chi connectivity index (χ1) is 18.1.